The van der Waals surface area contributed by atoms with Crippen molar-refractivity contribution in [1.29, 1.82) is 0 Å². The molecule has 0 bridgehead atoms. The van der Waals surface area contributed by atoms with Gasteiger partial charge in [-0.2, -0.15) is 0 Å². The molecule has 3 rings (SSSR count). The van der Waals surface area contributed by atoms with E-state index in [1.54, 1.807) is 12.3 Å². The molecule has 0 unspecified atom stereocenters. The number of aromatic amines is 1. The number of hydrogen-bond donors (Lipinski definition) is 1. The highest BCUT2D eigenvalue weighted by atomic mass is 35.5. The van der Waals surface area contributed by atoms with E-state index in [1.165, 1.54) is 5.39 Å². The van der Waals surface area contributed by atoms with Gasteiger partial charge in [-0.25, -0.2) is 0 Å². The van der Waals surface area contributed by atoms with Crippen LogP contribution in [-0.2, 0) is 0 Å². The number of hydrogen-bond acceptors (Lipinski definition) is 1. The number of pyridine rings is 1. The largest absolute Gasteiger partial charge is 0.353 e. The second-order valence-electron chi connectivity index (χ2n) is 3.63. The zero-order valence-electron chi connectivity index (χ0n) is 8.44. The van der Waals surface area contributed by atoms with Crippen LogP contribution in [0.15, 0.2) is 48.7 Å². The fourth-order valence-electron chi connectivity index (χ4n) is 1.76. The molecular formula is C13H9ClN2. The smallest absolute Gasteiger partial charge is 0.0879 e. The summed E-state index contributed by atoms with van der Waals surface area (Å²) in [6.45, 7) is 0. The van der Waals surface area contributed by atoms with Crippen LogP contribution >= 0.6 is 11.6 Å². The lowest BCUT2D eigenvalue weighted by Crippen LogP contribution is -1.81. The van der Waals surface area contributed by atoms with Gasteiger partial charge in [-0.3, -0.25) is 4.98 Å². The Labute approximate surface area is 97.9 Å². The van der Waals surface area contributed by atoms with E-state index in [0.29, 0.717) is 5.02 Å². The third-order valence-electron chi connectivity index (χ3n) is 2.53. The van der Waals surface area contributed by atoms with Crippen LogP contribution in [0.5, 0.6) is 0 Å². The average Bonchev–Trinajstić information content (AvgIpc) is 2.72. The van der Waals surface area contributed by atoms with Gasteiger partial charge in [-0.15, -0.1) is 0 Å². The van der Waals surface area contributed by atoms with E-state index in [4.69, 9.17) is 11.6 Å². The third-order valence-corrected chi connectivity index (χ3v) is 2.76. The van der Waals surface area contributed by atoms with Gasteiger partial charge in [0.05, 0.1) is 11.4 Å². The molecule has 0 aliphatic heterocycles. The monoisotopic (exact) mass is 228 g/mol. The summed E-state index contributed by atoms with van der Waals surface area (Å²) in [4.78, 5) is 7.61. The molecule has 2 heterocycles. The van der Waals surface area contributed by atoms with Crippen LogP contribution in [-0.4, -0.2) is 9.97 Å². The molecule has 16 heavy (non-hydrogen) atoms. The van der Waals surface area contributed by atoms with Gasteiger partial charge in [-0.1, -0.05) is 29.8 Å². The van der Waals surface area contributed by atoms with Crippen molar-refractivity contribution in [3.63, 3.8) is 0 Å². The Kier molecular flexibility index (Phi) is 2.15. The molecule has 0 radical (unpaired) electrons. The highest BCUT2D eigenvalue weighted by molar-refractivity contribution is 6.30. The van der Waals surface area contributed by atoms with Gasteiger partial charge in [0, 0.05) is 22.1 Å². The predicted octanol–water partition coefficient (Wildman–Crippen LogP) is 3.88. The Bertz CT molecular complexity index is 610. The van der Waals surface area contributed by atoms with E-state index in [0.717, 1.165) is 16.9 Å². The normalized spacial score (nSPS) is 10.8. The van der Waals surface area contributed by atoms with Crippen LogP contribution in [0.25, 0.3) is 22.3 Å². The van der Waals surface area contributed by atoms with Crippen molar-refractivity contribution in [2.45, 2.75) is 0 Å². The lowest BCUT2D eigenvalue weighted by molar-refractivity contribution is 1.29. The van der Waals surface area contributed by atoms with Crippen LogP contribution in [0.4, 0.5) is 0 Å². The number of H-pyrrole nitrogens is 1. The molecule has 3 aromatic rings. The molecule has 0 atom stereocenters. The number of para-hydroxylation sites is 1. The summed E-state index contributed by atoms with van der Waals surface area (Å²) in [5.41, 5.74) is 2.96. The number of nitrogens with one attached hydrogen (secondary N) is 1. The zero-order chi connectivity index (χ0) is 11.0. The van der Waals surface area contributed by atoms with E-state index in [-0.39, 0.29) is 0 Å². The van der Waals surface area contributed by atoms with Crippen LogP contribution < -0.4 is 0 Å². The number of nitrogens with zero attached hydrogens (tertiary/aromatic N) is 1. The molecule has 0 amide bonds. The SMILES string of the molecule is Clc1ccnc(-c2cc3ccccc3[nH]2)c1. The van der Waals surface area contributed by atoms with E-state index in [1.807, 2.05) is 24.3 Å². The molecule has 0 saturated carbocycles. The summed E-state index contributed by atoms with van der Waals surface area (Å²) >= 11 is 5.94. The van der Waals surface area contributed by atoms with Crippen LogP contribution in [0.1, 0.15) is 0 Å². The minimum atomic E-state index is 0.698. The Hall–Kier alpha value is -1.80. The fourth-order valence-corrected chi connectivity index (χ4v) is 1.92. The maximum Gasteiger partial charge on any atom is 0.0879 e. The Morgan fingerprint density at radius 1 is 1.06 bits per heavy atom. The van der Waals surface area contributed by atoms with Gasteiger partial charge in [-0.05, 0) is 24.3 Å². The first-order valence-electron chi connectivity index (χ1n) is 5.02. The summed E-state index contributed by atoms with van der Waals surface area (Å²) in [6, 6.07) is 13.8. The average molecular weight is 229 g/mol. The van der Waals surface area contributed by atoms with Crippen molar-refractivity contribution in [3.8, 4) is 11.4 Å². The third kappa shape index (κ3) is 1.57. The number of halogens is 1. The maximum absolute atomic E-state index is 5.94. The van der Waals surface area contributed by atoms with Gasteiger partial charge < -0.3 is 4.98 Å². The van der Waals surface area contributed by atoms with Gasteiger partial charge in [0.2, 0.25) is 0 Å². The number of fused-ring (bicyclic) bond motifs is 1. The highest BCUT2D eigenvalue weighted by Gasteiger charge is 2.03. The fraction of sp³-hybridized carbons (Fsp3) is 0. The van der Waals surface area contributed by atoms with E-state index >= 15 is 0 Å². The summed E-state index contributed by atoms with van der Waals surface area (Å²) in [6.07, 6.45) is 1.71. The minimum Gasteiger partial charge on any atom is -0.353 e. The molecule has 78 valence electrons. The number of rotatable bonds is 1. The number of benzene rings is 1. The molecule has 0 saturated heterocycles. The summed E-state index contributed by atoms with van der Waals surface area (Å²) < 4.78 is 0. The van der Waals surface area contributed by atoms with E-state index in [2.05, 4.69) is 22.1 Å². The first kappa shape index (κ1) is 9.43. The van der Waals surface area contributed by atoms with Crippen molar-refractivity contribution in [1.82, 2.24) is 9.97 Å². The van der Waals surface area contributed by atoms with Crippen molar-refractivity contribution in [2.24, 2.45) is 0 Å². The lowest BCUT2D eigenvalue weighted by Gasteiger charge is -1.96. The highest BCUT2D eigenvalue weighted by Crippen LogP contribution is 2.23. The van der Waals surface area contributed by atoms with Gasteiger partial charge in [0.1, 0.15) is 0 Å². The Morgan fingerprint density at radius 2 is 1.94 bits per heavy atom. The summed E-state index contributed by atoms with van der Waals surface area (Å²) in [7, 11) is 0. The van der Waals surface area contributed by atoms with Crippen LogP contribution in [0.3, 0.4) is 0 Å². The molecule has 0 fully saturated rings. The quantitative estimate of drug-likeness (QED) is 0.673. The first-order chi connectivity index (χ1) is 7.83. The van der Waals surface area contributed by atoms with Crippen LogP contribution in [0.2, 0.25) is 5.02 Å². The predicted molar refractivity (Wildman–Crippen MR) is 66.5 cm³/mol. The molecule has 1 aromatic carbocycles. The second kappa shape index (κ2) is 3.65. The molecular weight excluding hydrogens is 220 g/mol. The maximum atomic E-state index is 5.94. The molecule has 0 aliphatic carbocycles. The topological polar surface area (TPSA) is 28.7 Å². The van der Waals surface area contributed by atoms with Gasteiger partial charge in [0.25, 0.3) is 0 Å². The number of aromatic nitrogens is 2. The van der Waals surface area contributed by atoms with Crippen molar-refractivity contribution < 1.29 is 0 Å². The molecule has 1 N–H and O–H groups in total. The molecule has 2 nitrogen and oxygen atoms in total. The molecule has 0 spiro atoms. The van der Waals surface area contributed by atoms with Gasteiger partial charge in [0.15, 0.2) is 0 Å². The molecule has 0 aliphatic rings. The zero-order valence-corrected chi connectivity index (χ0v) is 9.20. The van der Waals surface area contributed by atoms with E-state index < -0.39 is 0 Å². The van der Waals surface area contributed by atoms with Crippen molar-refractivity contribution in [2.75, 3.05) is 0 Å². The van der Waals surface area contributed by atoms with Crippen LogP contribution in [0, 0.1) is 0 Å². The second-order valence-corrected chi connectivity index (χ2v) is 4.07. The Balaban J connectivity index is 2.19. The van der Waals surface area contributed by atoms with Crippen molar-refractivity contribution in [3.05, 3.63) is 53.7 Å². The lowest BCUT2D eigenvalue weighted by atomic mass is 10.2. The first-order valence-corrected chi connectivity index (χ1v) is 5.40. The van der Waals surface area contributed by atoms with Gasteiger partial charge >= 0.3 is 0 Å². The minimum absolute atomic E-state index is 0.698. The summed E-state index contributed by atoms with van der Waals surface area (Å²) in [5, 5.41) is 1.88. The standard InChI is InChI=1S/C13H9ClN2/c14-10-5-6-15-12(8-10)13-7-9-3-1-2-4-11(9)16-13/h1-8,16H. The summed E-state index contributed by atoms with van der Waals surface area (Å²) in [5.74, 6) is 0. The Morgan fingerprint density at radius 3 is 2.75 bits per heavy atom. The molecule has 3 heteroatoms. The van der Waals surface area contributed by atoms with Crippen molar-refractivity contribution >= 4 is 22.5 Å². The molecule has 2 aromatic heterocycles. The van der Waals surface area contributed by atoms with E-state index in [9.17, 15) is 0 Å².